The Balaban J connectivity index is 0.000000483. The quantitative estimate of drug-likeness (QED) is 0.166. The molecule has 138 valence electrons. The third-order valence-corrected chi connectivity index (χ3v) is 4.58. The molecule has 0 aliphatic rings. The van der Waals surface area contributed by atoms with E-state index < -0.39 is 0 Å². The Morgan fingerprint density at radius 3 is 1.56 bits per heavy atom. The van der Waals surface area contributed by atoms with Crippen LogP contribution in [0, 0.1) is 0 Å². The summed E-state index contributed by atoms with van der Waals surface area (Å²) in [6, 6.07) is 11.2. The zero-order chi connectivity index (χ0) is 19.0. The van der Waals surface area contributed by atoms with Crippen molar-refractivity contribution in [3.8, 4) is 0 Å². The number of aromatic nitrogens is 2. The zero-order valence-corrected chi connectivity index (χ0v) is 21.3. The van der Waals surface area contributed by atoms with E-state index in [2.05, 4.69) is 55.5 Å². The second-order valence-corrected chi connectivity index (χ2v) is 7.21. The van der Waals surface area contributed by atoms with E-state index in [1.54, 1.807) is 24.8 Å². The predicted octanol–water partition coefficient (Wildman–Crippen LogP) is 3.04. The predicted molar refractivity (Wildman–Crippen MR) is 125 cm³/mol. The summed E-state index contributed by atoms with van der Waals surface area (Å²) >= 11 is 11.0. The Bertz CT molecular complexity index is 665. The standard InChI is InChI=1S/2C8H9N3S2.Zn/c2*1-13-8(12)11-10-6-7-4-2-3-5-9-7;/h2*2-6H,1H3,(H,9,11,12);. The van der Waals surface area contributed by atoms with E-state index in [0.29, 0.717) is 8.64 Å². The molecule has 2 heterocycles. The smallest absolute Gasteiger partial charge is 0.174 e. The molecule has 0 atom stereocenters. The van der Waals surface area contributed by atoms with E-state index in [0.717, 1.165) is 11.4 Å². The molecule has 0 amide bonds. The molecule has 11 heteroatoms. The molecule has 6 nitrogen and oxygen atoms in total. The van der Waals surface area contributed by atoms with Gasteiger partial charge in [-0.1, -0.05) is 35.7 Å². The van der Waals surface area contributed by atoms with Crippen molar-refractivity contribution in [1.29, 1.82) is 0 Å². The van der Waals surface area contributed by atoms with Gasteiger partial charge < -0.3 is 21.1 Å². The summed E-state index contributed by atoms with van der Waals surface area (Å²) in [7, 11) is 0. The van der Waals surface area contributed by atoms with Crippen molar-refractivity contribution in [3.63, 3.8) is 0 Å². The SMILES string of the molecule is CSC(=[SH+])[N-]N=Cc1ccccn1.CSC(=[SH+])[N-]N=Cc1ccccn1.[Zn]. The van der Waals surface area contributed by atoms with Crippen molar-refractivity contribution >= 4 is 69.0 Å². The van der Waals surface area contributed by atoms with Crippen LogP contribution >= 0.6 is 23.5 Å². The van der Waals surface area contributed by atoms with Crippen molar-refractivity contribution in [3.05, 3.63) is 71.0 Å². The van der Waals surface area contributed by atoms with E-state index in [1.807, 2.05) is 48.9 Å². The summed E-state index contributed by atoms with van der Waals surface area (Å²) in [5.74, 6) is 0. The second kappa shape index (κ2) is 16.9. The van der Waals surface area contributed by atoms with Gasteiger partial charge in [0.05, 0.1) is 11.4 Å². The molecule has 2 rings (SSSR count). The first-order valence-electron chi connectivity index (χ1n) is 7.15. The van der Waals surface area contributed by atoms with Crippen LogP contribution in [-0.4, -0.2) is 43.5 Å². The minimum atomic E-state index is 0. The molecule has 0 unspecified atom stereocenters. The zero-order valence-electron chi connectivity index (χ0n) is 14.9. The summed E-state index contributed by atoms with van der Waals surface area (Å²) in [6.07, 6.45) is 10.4. The van der Waals surface area contributed by atoms with Crippen molar-refractivity contribution in [2.75, 3.05) is 12.5 Å². The first kappa shape index (κ1) is 25.7. The summed E-state index contributed by atoms with van der Waals surface area (Å²) < 4.78 is 1.26. The molecule has 0 spiro atoms. The van der Waals surface area contributed by atoms with Gasteiger partial charge in [-0.3, -0.25) is 9.97 Å². The van der Waals surface area contributed by atoms with E-state index in [-0.39, 0.29) is 19.5 Å². The largest absolute Gasteiger partial charge is 0.520 e. The molecule has 0 saturated heterocycles. The van der Waals surface area contributed by atoms with E-state index in [9.17, 15) is 0 Å². The Morgan fingerprint density at radius 2 is 1.26 bits per heavy atom. The van der Waals surface area contributed by atoms with E-state index in [1.165, 1.54) is 23.5 Å². The van der Waals surface area contributed by atoms with Crippen LogP contribution in [0.5, 0.6) is 0 Å². The van der Waals surface area contributed by atoms with Gasteiger partial charge in [-0.2, -0.15) is 0 Å². The Labute approximate surface area is 191 Å². The van der Waals surface area contributed by atoms with Gasteiger partial charge in [0, 0.05) is 44.3 Å². The monoisotopic (exact) mass is 486 g/mol. The van der Waals surface area contributed by atoms with Crippen LogP contribution in [-0.2, 0) is 43.9 Å². The molecule has 0 radical (unpaired) electrons. The van der Waals surface area contributed by atoms with E-state index in [4.69, 9.17) is 0 Å². The van der Waals surface area contributed by atoms with Gasteiger partial charge >= 0.3 is 0 Å². The maximum Gasteiger partial charge on any atom is 0.174 e. The van der Waals surface area contributed by atoms with Crippen LogP contribution in [0.25, 0.3) is 10.9 Å². The van der Waals surface area contributed by atoms with Gasteiger partial charge in [-0.25, -0.2) is 0 Å². The number of pyridine rings is 2. The number of hydrogen-bond acceptors (Lipinski definition) is 6. The first-order valence-corrected chi connectivity index (χ1v) is 10.5. The molecular weight excluding hydrogens is 470 g/mol. The molecule has 2 aromatic rings. The van der Waals surface area contributed by atoms with Crippen molar-refractivity contribution in [1.82, 2.24) is 9.97 Å². The number of nitrogens with zero attached hydrogens (tertiary/aromatic N) is 6. The Hall–Kier alpha value is -1.26. The Kier molecular flexibility index (Phi) is 16.1. The topological polar surface area (TPSA) is 78.7 Å². The fourth-order valence-corrected chi connectivity index (χ4v) is 1.62. The van der Waals surface area contributed by atoms with Crippen LogP contribution < -0.4 is 0 Å². The number of thiol groups is 2. The average molecular weight is 488 g/mol. The fourth-order valence-electron chi connectivity index (χ4n) is 1.26. The molecule has 0 N–H and O–H groups in total. The molecule has 27 heavy (non-hydrogen) atoms. The molecule has 0 saturated carbocycles. The molecule has 2 aromatic heterocycles. The molecule has 0 aliphatic carbocycles. The van der Waals surface area contributed by atoms with Gasteiger partial charge in [0.2, 0.25) is 0 Å². The number of hydrogen-bond donors (Lipinski definition) is 0. The van der Waals surface area contributed by atoms with Crippen molar-refractivity contribution in [2.24, 2.45) is 10.2 Å². The van der Waals surface area contributed by atoms with Crippen LogP contribution in [0.3, 0.4) is 0 Å². The summed E-state index contributed by atoms with van der Waals surface area (Å²) in [5.41, 5.74) is 9.19. The van der Waals surface area contributed by atoms with Gasteiger partial charge in [0.1, 0.15) is 0 Å². The van der Waals surface area contributed by atoms with Crippen LogP contribution in [0.1, 0.15) is 11.4 Å². The van der Waals surface area contributed by atoms with Gasteiger partial charge in [-0.15, -0.1) is 0 Å². The first-order chi connectivity index (χ1) is 12.7. The maximum absolute atomic E-state index is 4.06. The fraction of sp³-hybridized carbons (Fsp3) is 0.125. The molecule has 0 aromatic carbocycles. The van der Waals surface area contributed by atoms with Crippen molar-refractivity contribution < 1.29 is 19.5 Å². The van der Waals surface area contributed by atoms with Crippen LogP contribution in [0.4, 0.5) is 0 Å². The van der Waals surface area contributed by atoms with Gasteiger partial charge in [0.15, 0.2) is 33.1 Å². The summed E-state index contributed by atoms with van der Waals surface area (Å²) in [6.45, 7) is 0. The van der Waals surface area contributed by atoms with Gasteiger partial charge in [-0.05, 0) is 36.8 Å². The average Bonchev–Trinajstić information content (AvgIpc) is 2.70. The summed E-state index contributed by atoms with van der Waals surface area (Å²) in [4.78, 5) is 8.10. The van der Waals surface area contributed by atoms with Crippen LogP contribution in [0.2, 0.25) is 0 Å². The normalized spacial score (nSPS) is 9.85. The van der Waals surface area contributed by atoms with E-state index >= 15 is 0 Å². The third-order valence-electron chi connectivity index (χ3n) is 2.41. The minimum Gasteiger partial charge on any atom is -0.520 e. The Morgan fingerprint density at radius 1 is 0.852 bits per heavy atom. The molecule has 0 aliphatic heterocycles. The van der Waals surface area contributed by atoms with Gasteiger partial charge in [0.25, 0.3) is 0 Å². The van der Waals surface area contributed by atoms with Crippen molar-refractivity contribution in [2.45, 2.75) is 0 Å². The van der Waals surface area contributed by atoms with Crippen LogP contribution in [0.15, 0.2) is 59.0 Å². The maximum atomic E-state index is 4.06. The number of rotatable bonds is 4. The summed E-state index contributed by atoms with van der Waals surface area (Å²) in [5, 5.41) is 7.63. The number of thioether (sulfide) groups is 2. The molecular formula is C16H18N6S4Zn. The molecule has 0 bridgehead atoms. The third kappa shape index (κ3) is 13.5. The second-order valence-electron chi connectivity index (χ2n) is 4.17. The molecule has 0 fully saturated rings. The minimum absolute atomic E-state index is 0.